The third kappa shape index (κ3) is 4.81. The number of hydrogen-bond acceptors (Lipinski definition) is 4. The number of esters is 1. The molecule has 1 aliphatic heterocycles. The number of ether oxygens (including phenoxy) is 1. The van der Waals surface area contributed by atoms with Crippen LogP contribution in [0.4, 0.5) is 0 Å². The molecule has 2 N–H and O–H groups in total. The smallest absolute Gasteiger partial charge is 0.334 e. The highest BCUT2D eigenvalue weighted by Gasteiger charge is 2.32. The lowest BCUT2D eigenvalue weighted by Gasteiger charge is -2.30. The average molecular weight is 334 g/mol. The Kier molecular flexibility index (Phi) is 5.71. The minimum absolute atomic E-state index is 0.0200. The summed E-state index contributed by atoms with van der Waals surface area (Å²) < 4.78 is 5.42. The SMILES string of the molecule is C/C1=C\CC[C@](C)(O)/C=C/[C@@](O)(C(C)C)CCC2=C[C@H](C1)OC2=O. The van der Waals surface area contributed by atoms with Gasteiger partial charge in [0.15, 0.2) is 0 Å². The van der Waals surface area contributed by atoms with Crippen molar-refractivity contribution in [1.82, 2.24) is 0 Å². The summed E-state index contributed by atoms with van der Waals surface area (Å²) in [5, 5.41) is 21.5. The highest BCUT2D eigenvalue weighted by atomic mass is 16.5. The van der Waals surface area contributed by atoms with E-state index < -0.39 is 11.2 Å². The maximum atomic E-state index is 12.0. The monoisotopic (exact) mass is 334 g/mol. The Balaban J connectivity index is 2.30. The van der Waals surface area contributed by atoms with E-state index in [1.165, 1.54) is 0 Å². The van der Waals surface area contributed by atoms with Crippen LogP contribution >= 0.6 is 0 Å². The zero-order valence-electron chi connectivity index (χ0n) is 15.2. The summed E-state index contributed by atoms with van der Waals surface area (Å²) in [5.41, 5.74) is -0.224. The molecule has 0 aromatic carbocycles. The van der Waals surface area contributed by atoms with Crippen LogP contribution < -0.4 is 0 Å². The predicted molar refractivity (Wildman–Crippen MR) is 94.4 cm³/mol. The maximum Gasteiger partial charge on any atom is 0.334 e. The van der Waals surface area contributed by atoms with Crippen molar-refractivity contribution in [3.05, 3.63) is 35.5 Å². The number of fused-ring (bicyclic) bond motifs is 1. The largest absolute Gasteiger partial charge is 0.454 e. The van der Waals surface area contributed by atoms with E-state index in [0.717, 1.165) is 12.0 Å². The Bertz CT molecular complexity index is 568. The van der Waals surface area contributed by atoms with Crippen LogP contribution in [0.2, 0.25) is 0 Å². The van der Waals surface area contributed by atoms with E-state index in [0.29, 0.717) is 31.3 Å². The van der Waals surface area contributed by atoms with E-state index in [1.54, 1.807) is 19.1 Å². The molecule has 0 amide bonds. The van der Waals surface area contributed by atoms with Crippen molar-refractivity contribution in [3.8, 4) is 0 Å². The molecule has 0 spiro atoms. The van der Waals surface area contributed by atoms with Crippen molar-refractivity contribution in [2.24, 2.45) is 5.92 Å². The number of aliphatic hydroxyl groups is 2. The fourth-order valence-electron chi connectivity index (χ4n) is 3.14. The predicted octanol–water partition coefficient (Wildman–Crippen LogP) is 3.44. The summed E-state index contributed by atoms with van der Waals surface area (Å²) in [6.45, 7) is 7.67. The molecule has 1 heterocycles. The third-order valence-corrected chi connectivity index (χ3v) is 5.10. The summed E-state index contributed by atoms with van der Waals surface area (Å²) in [7, 11) is 0. The van der Waals surface area contributed by atoms with Crippen LogP contribution in [-0.4, -0.2) is 33.5 Å². The molecule has 3 atom stereocenters. The Labute approximate surface area is 144 Å². The van der Waals surface area contributed by atoms with Crippen molar-refractivity contribution < 1.29 is 19.7 Å². The van der Waals surface area contributed by atoms with E-state index in [4.69, 9.17) is 4.74 Å². The first-order valence-electron chi connectivity index (χ1n) is 8.84. The minimum atomic E-state index is -1.06. The Morgan fingerprint density at radius 3 is 2.62 bits per heavy atom. The second-order valence-corrected chi connectivity index (χ2v) is 7.77. The molecule has 2 rings (SSSR count). The number of rotatable bonds is 1. The molecule has 1 aliphatic carbocycles. The lowest BCUT2D eigenvalue weighted by atomic mass is 9.82. The first-order valence-corrected chi connectivity index (χ1v) is 8.84. The van der Waals surface area contributed by atoms with Gasteiger partial charge in [-0.2, -0.15) is 0 Å². The summed E-state index contributed by atoms with van der Waals surface area (Å²) in [5.74, 6) is -0.293. The molecule has 0 radical (unpaired) electrons. The van der Waals surface area contributed by atoms with Crippen molar-refractivity contribution >= 4 is 5.97 Å². The standard InChI is InChI=1S/C20H30O4/c1-14(2)20(23)9-7-16-13-17(24-18(16)21)12-15(3)6-5-8-19(4,22)10-11-20/h6,10-11,13-14,17,22-23H,5,7-9,12H2,1-4H3/b11-10+,15-6+/t17-,19-,20+/m0/s1. The van der Waals surface area contributed by atoms with Gasteiger partial charge < -0.3 is 14.9 Å². The fourth-order valence-corrected chi connectivity index (χ4v) is 3.14. The van der Waals surface area contributed by atoms with Gasteiger partial charge in [0.1, 0.15) is 6.10 Å². The van der Waals surface area contributed by atoms with E-state index in [1.807, 2.05) is 26.8 Å². The molecule has 2 bridgehead atoms. The molecule has 134 valence electrons. The van der Waals surface area contributed by atoms with Crippen LogP contribution in [-0.2, 0) is 9.53 Å². The lowest BCUT2D eigenvalue weighted by molar-refractivity contribution is -0.139. The number of carbonyl (C=O) groups excluding carboxylic acids is 1. The molecule has 0 aromatic rings. The molecule has 0 unspecified atom stereocenters. The Hall–Kier alpha value is -1.39. The maximum absolute atomic E-state index is 12.0. The van der Waals surface area contributed by atoms with Gasteiger partial charge in [0.2, 0.25) is 0 Å². The third-order valence-electron chi connectivity index (χ3n) is 5.10. The first kappa shape index (κ1) is 18.9. The van der Waals surface area contributed by atoms with E-state index >= 15 is 0 Å². The van der Waals surface area contributed by atoms with E-state index in [2.05, 4.69) is 6.08 Å². The van der Waals surface area contributed by atoms with Gasteiger partial charge in [0.05, 0.1) is 11.2 Å². The first-order chi connectivity index (χ1) is 11.1. The molecule has 0 saturated heterocycles. The van der Waals surface area contributed by atoms with Crippen molar-refractivity contribution in [2.45, 2.75) is 77.1 Å². The second kappa shape index (κ2) is 7.24. The highest BCUT2D eigenvalue weighted by molar-refractivity contribution is 5.90. The summed E-state index contributed by atoms with van der Waals surface area (Å²) in [4.78, 5) is 12.0. The second-order valence-electron chi connectivity index (χ2n) is 7.77. The zero-order valence-corrected chi connectivity index (χ0v) is 15.2. The van der Waals surface area contributed by atoms with Gasteiger partial charge in [0, 0.05) is 12.0 Å². The van der Waals surface area contributed by atoms with Crippen LogP contribution in [0.1, 0.15) is 59.8 Å². The molecule has 4 nitrogen and oxygen atoms in total. The van der Waals surface area contributed by atoms with E-state index in [9.17, 15) is 15.0 Å². The van der Waals surface area contributed by atoms with Crippen LogP contribution in [0.15, 0.2) is 35.5 Å². The van der Waals surface area contributed by atoms with Crippen molar-refractivity contribution in [1.29, 1.82) is 0 Å². The molecule has 0 saturated carbocycles. The van der Waals surface area contributed by atoms with Gasteiger partial charge >= 0.3 is 5.97 Å². The molecular weight excluding hydrogens is 304 g/mol. The van der Waals surface area contributed by atoms with Gasteiger partial charge in [-0.15, -0.1) is 0 Å². The Morgan fingerprint density at radius 2 is 1.96 bits per heavy atom. The molecule has 0 fully saturated rings. The summed E-state index contributed by atoms with van der Waals surface area (Å²) in [6, 6.07) is 0. The molecule has 2 aliphatic rings. The summed E-state index contributed by atoms with van der Waals surface area (Å²) >= 11 is 0. The lowest BCUT2D eigenvalue weighted by Crippen LogP contribution is -2.34. The zero-order chi connectivity index (χ0) is 18.0. The van der Waals surface area contributed by atoms with Crippen LogP contribution in [0, 0.1) is 5.92 Å². The van der Waals surface area contributed by atoms with Crippen LogP contribution in [0.3, 0.4) is 0 Å². The highest BCUT2D eigenvalue weighted by Crippen LogP contribution is 2.31. The van der Waals surface area contributed by atoms with Gasteiger partial charge in [-0.1, -0.05) is 37.6 Å². The Morgan fingerprint density at radius 1 is 1.25 bits per heavy atom. The number of hydrogen-bond donors (Lipinski definition) is 2. The fraction of sp³-hybridized carbons (Fsp3) is 0.650. The number of allylic oxidation sites excluding steroid dienone is 1. The van der Waals surface area contributed by atoms with E-state index in [-0.39, 0.29) is 18.0 Å². The molecule has 0 aromatic heterocycles. The molecular formula is C20H30O4. The van der Waals surface area contributed by atoms with Crippen molar-refractivity contribution in [3.63, 3.8) is 0 Å². The quantitative estimate of drug-likeness (QED) is 0.569. The van der Waals surface area contributed by atoms with Gasteiger partial charge in [-0.3, -0.25) is 0 Å². The number of carbonyl (C=O) groups is 1. The van der Waals surface area contributed by atoms with Gasteiger partial charge in [-0.25, -0.2) is 4.79 Å². The minimum Gasteiger partial charge on any atom is -0.454 e. The molecule has 24 heavy (non-hydrogen) atoms. The average Bonchev–Trinajstić information content (AvgIpc) is 2.81. The van der Waals surface area contributed by atoms with Crippen LogP contribution in [0.25, 0.3) is 0 Å². The normalized spacial score (nSPS) is 38.8. The van der Waals surface area contributed by atoms with Crippen molar-refractivity contribution in [2.75, 3.05) is 0 Å². The van der Waals surface area contributed by atoms with Crippen LogP contribution in [0.5, 0.6) is 0 Å². The topological polar surface area (TPSA) is 66.8 Å². The summed E-state index contributed by atoms with van der Waals surface area (Å²) in [6.07, 6.45) is 10.1. The van der Waals surface area contributed by atoms with Gasteiger partial charge in [-0.05, 0) is 51.5 Å². The van der Waals surface area contributed by atoms with Gasteiger partial charge in [0.25, 0.3) is 0 Å². The molecule has 4 heteroatoms.